The molecule has 0 spiro atoms. The van der Waals surface area contributed by atoms with Gasteiger partial charge in [-0.2, -0.15) is 8.62 Å². The van der Waals surface area contributed by atoms with E-state index in [1.54, 1.807) is 7.85 Å². The maximum absolute atomic E-state index is 11.6. The van der Waals surface area contributed by atoms with Crippen LogP contribution in [-0.4, -0.2) is 59.0 Å². The van der Waals surface area contributed by atoms with Crippen molar-refractivity contribution >= 4 is 31.3 Å². The van der Waals surface area contributed by atoms with Crippen molar-refractivity contribution in [2.75, 3.05) is 13.3 Å². The summed E-state index contributed by atoms with van der Waals surface area (Å²) in [7, 11) is -14.6. The quantitative estimate of drug-likeness (QED) is 0.117. The molecule has 19 heteroatoms. The van der Waals surface area contributed by atoms with Crippen molar-refractivity contribution in [1.82, 2.24) is 0 Å². The summed E-state index contributed by atoms with van der Waals surface area (Å²) < 4.78 is 55.4. The summed E-state index contributed by atoms with van der Waals surface area (Å²) in [5, 5.41) is 3.16. The molecule has 4 N–H and O–H groups in total. The molecule has 0 bridgehead atoms. The molecule has 1 saturated heterocycles. The van der Waals surface area contributed by atoms with E-state index in [4.69, 9.17) is 29.7 Å². The highest BCUT2D eigenvalue weighted by Gasteiger charge is 2.42. The van der Waals surface area contributed by atoms with Gasteiger partial charge in [0.2, 0.25) is 0 Å². The zero-order valence-electron chi connectivity index (χ0n) is 12.6. The van der Waals surface area contributed by atoms with E-state index in [1.807, 2.05) is 0 Å². The molecular weight excluding hydrogens is 410 g/mol. The summed E-state index contributed by atoms with van der Waals surface area (Å²) in [6.07, 6.45) is -1.20. The van der Waals surface area contributed by atoms with E-state index in [1.165, 1.54) is 0 Å². The number of phosphoric acid groups is 3. The molecular formula is C6H15BN3O12P3. The Morgan fingerprint density at radius 2 is 1.84 bits per heavy atom. The molecule has 0 amide bonds. The van der Waals surface area contributed by atoms with E-state index in [2.05, 4.69) is 23.2 Å². The van der Waals surface area contributed by atoms with E-state index in [-0.39, 0.29) is 12.7 Å². The van der Waals surface area contributed by atoms with Gasteiger partial charge in [0.15, 0.2) is 0 Å². The number of ether oxygens (including phenoxy) is 2. The first-order valence-corrected chi connectivity index (χ1v) is 10.9. The fourth-order valence-electron chi connectivity index (χ4n) is 1.87. The highest BCUT2D eigenvalue weighted by molar-refractivity contribution is 7.66. The molecule has 1 heterocycles. The molecule has 1 rings (SSSR count). The zero-order chi connectivity index (χ0) is 19.3. The van der Waals surface area contributed by atoms with E-state index < -0.39 is 42.3 Å². The summed E-state index contributed by atoms with van der Waals surface area (Å²) in [6.45, 7) is -0.946. The van der Waals surface area contributed by atoms with Gasteiger partial charge in [-0.1, -0.05) is 5.11 Å². The minimum Gasteiger partial charge on any atom is -0.379 e. The van der Waals surface area contributed by atoms with Crippen molar-refractivity contribution in [1.29, 1.82) is 0 Å². The van der Waals surface area contributed by atoms with Crippen molar-refractivity contribution < 1.29 is 55.9 Å². The number of nitrogens with zero attached hydrogens (tertiary/aromatic N) is 3. The van der Waals surface area contributed by atoms with E-state index in [0.717, 1.165) is 0 Å². The zero-order valence-corrected chi connectivity index (χ0v) is 15.3. The van der Waals surface area contributed by atoms with Gasteiger partial charge in [-0.05, 0) is 12.0 Å². The third-order valence-corrected chi connectivity index (χ3v) is 6.42. The van der Waals surface area contributed by atoms with E-state index in [0.29, 0.717) is 6.42 Å². The second-order valence-corrected chi connectivity index (χ2v) is 9.09. The molecule has 0 aromatic carbocycles. The molecule has 1 aliphatic heterocycles. The Bertz CT molecular complexity index is 650. The van der Waals surface area contributed by atoms with Gasteiger partial charge in [0.25, 0.3) is 0 Å². The fraction of sp³-hybridized carbons (Fsp3) is 1.00. The van der Waals surface area contributed by atoms with Crippen LogP contribution in [0.3, 0.4) is 0 Å². The van der Waals surface area contributed by atoms with Crippen LogP contribution in [0.1, 0.15) is 6.42 Å². The molecule has 0 saturated carbocycles. The molecule has 144 valence electrons. The second kappa shape index (κ2) is 9.07. The summed E-state index contributed by atoms with van der Waals surface area (Å²) in [5.41, 5.74) is 8.18. The lowest BCUT2D eigenvalue weighted by Crippen LogP contribution is -2.29. The van der Waals surface area contributed by atoms with Crippen molar-refractivity contribution in [3.8, 4) is 0 Å². The average Bonchev–Trinajstić information content (AvgIpc) is 2.73. The standard InChI is InChI=1S/C6H15BN3O12P3/c7-6-1-4(18-3-9-10-8)5(20-6)2-19-24(14,15)22-25(16,17)21-23(11,12)13/h4-6H,1-3,7H2,(H,14,15)(H,16,17)(H2,11,12,13)/t4-,5-,6-/m1/s1. The summed E-state index contributed by atoms with van der Waals surface area (Å²) in [6, 6.07) is -0.314. The molecule has 0 radical (unpaired) electrons. The van der Waals surface area contributed by atoms with Crippen LogP contribution in [0, 0.1) is 0 Å². The summed E-state index contributed by atoms with van der Waals surface area (Å²) >= 11 is 0. The smallest absolute Gasteiger partial charge is 0.379 e. The molecule has 15 nitrogen and oxygen atoms in total. The van der Waals surface area contributed by atoms with Gasteiger partial charge in [-0.25, -0.2) is 13.7 Å². The normalized spacial score (nSPS) is 28.7. The Hall–Kier alpha value is -0.295. The van der Waals surface area contributed by atoms with Crippen molar-refractivity contribution in [3.63, 3.8) is 0 Å². The van der Waals surface area contributed by atoms with Gasteiger partial charge in [-0.15, -0.1) is 0 Å². The van der Waals surface area contributed by atoms with Gasteiger partial charge in [0.1, 0.15) is 20.7 Å². The van der Waals surface area contributed by atoms with Crippen molar-refractivity contribution in [2.45, 2.75) is 24.6 Å². The van der Waals surface area contributed by atoms with Crippen LogP contribution in [-0.2, 0) is 36.3 Å². The van der Waals surface area contributed by atoms with Crippen LogP contribution < -0.4 is 0 Å². The monoisotopic (exact) mass is 425 g/mol. The largest absolute Gasteiger partial charge is 0.490 e. The maximum atomic E-state index is 11.6. The van der Waals surface area contributed by atoms with Gasteiger partial charge < -0.3 is 29.0 Å². The third kappa shape index (κ3) is 9.27. The van der Waals surface area contributed by atoms with Gasteiger partial charge in [-0.3, -0.25) is 4.52 Å². The van der Waals surface area contributed by atoms with Crippen LogP contribution in [0.5, 0.6) is 0 Å². The molecule has 2 unspecified atom stereocenters. The number of azide groups is 1. The Kier molecular flexibility index (Phi) is 8.25. The van der Waals surface area contributed by atoms with Gasteiger partial charge in [0.05, 0.1) is 12.7 Å². The lowest BCUT2D eigenvalue weighted by Gasteiger charge is -2.20. The predicted molar refractivity (Wildman–Crippen MR) is 80.5 cm³/mol. The number of rotatable bonds is 10. The van der Waals surface area contributed by atoms with E-state index in [9.17, 15) is 18.6 Å². The molecule has 0 aliphatic carbocycles. The second-order valence-electron chi connectivity index (χ2n) is 4.67. The SMILES string of the molecule is B[C@H]1C[C@@H](OCN=[N+]=[N-])[C@@H](COP(=O)(O)OP(=O)(O)OP(=O)(O)O)O1. The van der Waals surface area contributed by atoms with Crippen LogP contribution in [0.15, 0.2) is 5.11 Å². The topological polar surface area (TPSA) is 227 Å². The molecule has 0 aromatic rings. The minimum atomic E-state index is -5.57. The molecule has 0 aromatic heterocycles. The lowest BCUT2D eigenvalue weighted by molar-refractivity contribution is -0.0347. The average molecular weight is 425 g/mol. The Labute approximate surface area is 141 Å². The fourth-order valence-corrected chi connectivity index (χ4v) is 4.90. The first kappa shape index (κ1) is 22.7. The van der Waals surface area contributed by atoms with Crippen LogP contribution in [0.2, 0.25) is 0 Å². The summed E-state index contributed by atoms with van der Waals surface area (Å²) in [5.74, 6) is 0. The van der Waals surface area contributed by atoms with Gasteiger partial charge in [0, 0.05) is 10.9 Å². The maximum Gasteiger partial charge on any atom is 0.490 e. The third-order valence-electron chi connectivity index (χ3n) is 2.61. The van der Waals surface area contributed by atoms with E-state index >= 15 is 0 Å². The van der Waals surface area contributed by atoms with Crippen LogP contribution in [0.4, 0.5) is 0 Å². The molecule has 25 heavy (non-hydrogen) atoms. The first-order chi connectivity index (χ1) is 11.3. The van der Waals surface area contributed by atoms with Crippen molar-refractivity contribution in [3.05, 3.63) is 10.4 Å². The number of hydrogen-bond acceptors (Lipinski definition) is 9. The minimum absolute atomic E-state index is 0.314. The highest BCUT2D eigenvalue weighted by Crippen LogP contribution is 2.66. The summed E-state index contributed by atoms with van der Waals surface area (Å²) in [4.78, 5) is 37.7. The molecule has 5 atom stereocenters. The Morgan fingerprint density at radius 3 is 2.40 bits per heavy atom. The van der Waals surface area contributed by atoms with Crippen molar-refractivity contribution in [2.24, 2.45) is 5.11 Å². The number of hydrogen-bond donors (Lipinski definition) is 4. The number of phosphoric ester groups is 1. The van der Waals surface area contributed by atoms with Crippen LogP contribution >= 0.6 is 23.5 Å². The first-order valence-electron chi connectivity index (χ1n) is 6.40. The highest BCUT2D eigenvalue weighted by atomic mass is 31.3. The Morgan fingerprint density at radius 1 is 1.20 bits per heavy atom. The molecule has 1 aliphatic rings. The van der Waals surface area contributed by atoms with Crippen LogP contribution in [0.25, 0.3) is 10.4 Å². The lowest BCUT2D eigenvalue weighted by atomic mass is 9.96. The Balaban J connectivity index is 2.61. The molecule has 1 fully saturated rings. The van der Waals surface area contributed by atoms with Gasteiger partial charge >= 0.3 is 23.5 Å². The predicted octanol–water partition coefficient (Wildman–Crippen LogP) is -0.269.